The minimum absolute atomic E-state index is 0.0672. The van der Waals surface area contributed by atoms with Gasteiger partial charge in [-0.1, -0.05) is 30.0 Å². The molecule has 31 heavy (non-hydrogen) atoms. The number of pyridine rings is 1. The van der Waals surface area contributed by atoms with Crippen LogP contribution >= 0.6 is 11.8 Å². The van der Waals surface area contributed by atoms with Crippen LogP contribution in [0.4, 0.5) is 5.69 Å². The van der Waals surface area contributed by atoms with E-state index in [2.05, 4.69) is 21.0 Å². The number of fused-ring (bicyclic) bond motifs is 1. The number of hydrogen-bond acceptors (Lipinski definition) is 7. The van der Waals surface area contributed by atoms with Crippen molar-refractivity contribution in [2.75, 3.05) is 25.2 Å². The van der Waals surface area contributed by atoms with Gasteiger partial charge in [-0.15, -0.1) is 0 Å². The molecule has 0 N–H and O–H groups in total. The Morgan fingerprint density at radius 3 is 2.90 bits per heavy atom. The molecule has 1 aliphatic heterocycles. The zero-order valence-electron chi connectivity index (χ0n) is 17.6. The quantitative estimate of drug-likeness (QED) is 0.411. The van der Waals surface area contributed by atoms with Crippen LogP contribution in [-0.2, 0) is 17.0 Å². The van der Waals surface area contributed by atoms with Crippen molar-refractivity contribution < 1.29 is 14.3 Å². The fourth-order valence-electron chi connectivity index (χ4n) is 3.45. The highest BCUT2D eigenvalue weighted by Gasteiger charge is 2.23. The number of hydrogen-bond donors (Lipinski definition) is 0. The molecule has 8 heteroatoms. The number of benzene rings is 1. The van der Waals surface area contributed by atoms with Gasteiger partial charge in [0.1, 0.15) is 0 Å². The lowest BCUT2D eigenvalue weighted by molar-refractivity contribution is -0.120. The number of ether oxygens (including phenoxy) is 2. The standard InChI is InChI=1S/C23H24N4O3S/c1-16-9-10-24-23(26-16)31-15-18-12-20(21(29-2)13-25-18)30-14-22(28)27-11-5-7-17-6-3-4-8-19(17)27/h3-4,6,8-10,12-13H,5,7,11,14-15H2,1-2H3. The van der Waals surface area contributed by atoms with E-state index in [1.807, 2.05) is 31.2 Å². The van der Waals surface area contributed by atoms with Gasteiger partial charge in [0.05, 0.1) is 19.0 Å². The summed E-state index contributed by atoms with van der Waals surface area (Å²) in [5, 5.41) is 0.694. The van der Waals surface area contributed by atoms with Crippen LogP contribution in [0, 0.1) is 6.92 Å². The number of thioether (sulfide) groups is 1. The number of nitrogens with zero attached hydrogens (tertiary/aromatic N) is 4. The Hall–Kier alpha value is -3.13. The molecular formula is C23H24N4O3S. The van der Waals surface area contributed by atoms with Crippen LogP contribution in [0.15, 0.2) is 53.9 Å². The molecule has 3 heterocycles. The molecule has 0 fully saturated rings. The van der Waals surface area contributed by atoms with Crippen molar-refractivity contribution in [3.8, 4) is 11.5 Å². The van der Waals surface area contributed by atoms with Gasteiger partial charge >= 0.3 is 0 Å². The van der Waals surface area contributed by atoms with Gasteiger partial charge in [0.25, 0.3) is 5.91 Å². The summed E-state index contributed by atoms with van der Waals surface area (Å²) in [6.45, 7) is 2.56. The van der Waals surface area contributed by atoms with E-state index in [0.717, 1.165) is 29.9 Å². The van der Waals surface area contributed by atoms with Crippen molar-refractivity contribution in [1.82, 2.24) is 15.0 Å². The highest BCUT2D eigenvalue weighted by molar-refractivity contribution is 7.98. The first kappa shape index (κ1) is 21.1. The molecule has 0 aliphatic carbocycles. The Morgan fingerprint density at radius 2 is 2.06 bits per heavy atom. The fourth-order valence-corrected chi connectivity index (χ4v) is 4.23. The smallest absolute Gasteiger partial charge is 0.264 e. The minimum atomic E-state index is -0.0740. The molecule has 1 amide bonds. The number of amides is 1. The molecule has 4 rings (SSSR count). The van der Waals surface area contributed by atoms with Gasteiger partial charge in [-0.2, -0.15) is 0 Å². The van der Waals surface area contributed by atoms with Gasteiger partial charge in [-0.3, -0.25) is 9.78 Å². The average molecular weight is 437 g/mol. The van der Waals surface area contributed by atoms with E-state index in [9.17, 15) is 4.79 Å². The second kappa shape index (κ2) is 9.78. The minimum Gasteiger partial charge on any atom is -0.491 e. The van der Waals surface area contributed by atoms with Gasteiger partial charge in [0, 0.05) is 35.9 Å². The summed E-state index contributed by atoms with van der Waals surface area (Å²) in [6, 6.07) is 11.7. The number of rotatable bonds is 7. The Morgan fingerprint density at radius 1 is 1.19 bits per heavy atom. The Bertz CT molecular complexity index is 1080. The number of aromatic nitrogens is 3. The Balaban J connectivity index is 1.43. The van der Waals surface area contributed by atoms with Gasteiger partial charge in [0.15, 0.2) is 23.3 Å². The molecule has 0 unspecified atom stereocenters. The second-order valence-corrected chi connectivity index (χ2v) is 8.10. The summed E-state index contributed by atoms with van der Waals surface area (Å²) in [4.78, 5) is 27.8. The van der Waals surface area contributed by atoms with Crippen molar-refractivity contribution >= 4 is 23.4 Å². The lowest BCUT2D eigenvalue weighted by Gasteiger charge is -2.29. The maximum atomic E-state index is 12.9. The maximum Gasteiger partial charge on any atom is 0.264 e. The molecule has 0 saturated heterocycles. The number of methoxy groups -OCH3 is 1. The molecule has 0 atom stereocenters. The van der Waals surface area contributed by atoms with Crippen LogP contribution in [0.1, 0.15) is 23.4 Å². The largest absolute Gasteiger partial charge is 0.491 e. The van der Waals surface area contributed by atoms with E-state index in [1.165, 1.54) is 17.3 Å². The molecule has 0 spiro atoms. The summed E-state index contributed by atoms with van der Waals surface area (Å²) in [5.74, 6) is 1.50. The first-order valence-corrected chi connectivity index (χ1v) is 11.1. The van der Waals surface area contributed by atoms with Gasteiger partial charge < -0.3 is 14.4 Å². The van der Waals surface area contributed by atoms with Crippen LogP contribution < -0.4 is 14.4 Å². The van der Waals surface area contributed by atoms with E-state index >= 15 is 0 Å². The molecule has 1 aliphatic rings. The molecular weight excluding hydrogens is 412 g/mol. The van der Waals surface area contributed by atoms with Crippen molar-refractivity contribution in [2.24, 2.45) is 0 Å². The Labute approximate surface area is 185 Å². The average Bonchev–Trinajstić information content (AvgIpc) is 2.81. The van der Waals surface area contributed by atoms with Crippen molar-refractivity contribution in [3.63, 3.8) is 0 Å². The van der Waals surface area contributed by atoms with Crippen molar-refractivity contribution in [1.29, 1.82) is 0 Å². The number of para-hydroxylation sites is 1. The van der Waals surface area contributed by atoms with Gasteiger partial charge in [-0.05, 0) is 37.5 Å². The van der Waals surface area contributed by atoms with Gasteiger partial charge in [-0.25, -0.2) is 9.97 Å². The lowest BCUT2D eigenvalue weighted by Crippen LogP contribution is -2.38. The van der Waals surface area contributed by atoms with E-state index in [0.29, 0.717) is 29.0 Å². The third-order valence-corrected chi connectivity index (χ3v) is 5.89. The number of anilines is 1. The van der Waals surface area contributed by atoms with Crippen molar-refractivity contribution in [3.05, 3.63) is 65.7 Å². The normalized spacial score (nSPS) is 12.9. The highest BCUT2D eigenvalue weighted by atomic mass is 32.2. The van der Waals surface area contributed by atoms with E-state index < -0.39 is 0 Å². The van der Waals surface area contributed by atoms with Gasteiger partial charge in [0.2, 0.25) is 0 Å². The number of carbonyl (C=O) groups excluding carboxylic acids is 1. The summed E-state index contributed by atoms with van der Waals surface area (Å²) >= 11 is 1.49. The van der Waals surface area contributed by atoms with Crippen LogP contribution in [0.2, 0.25) is 0 Å². The molecule has 1 aromatic carbocycles. The lowest BCUT2D eigenvalue weighted by atomic mass is 10.0. The first-order chi connectivity index (χ1) is 15.1. The predicted octanol–water partition coefficient (Wildman–Crippen LogP) is 3.84. The van der Waals surface area contributed by atoms with E-state index in [-0.39, 0.29) is 12.5 Å². The summed E-state index contributed by atoms with van der Waals surface area (Å²) in [6.07, 6.45) is 5.29. The molecule has 0 saturated carbocycles. The molecule has 0 radical (unpaired) electrons. The van der Waals surface area contributed by atoms with Crippen LogP contribution in [0.3, 0.4) is 0 Å². The highest BCUT2D eigenvalue weighted by Crippen LogP contribution is 2.30. The predicted molar refractivity (Wildman–Crippen MR) is 120 cm³/mol. The summed E-state index contributed by atoms with van der Waals surface area (Å²) < 4.78 is 11.2. The molecule has 2 aromatic heterocycles. The number of aryl methyl sites for hydroxylation is 2. The summed E-state index contributed by atoms with van der Waals surface area (Å²) in [5.41, 5.74) is 3.88. The van der Waals surface area contributed by atoms with E-state index in [1.54, 1.807) is 30.5 Å². The number of carbonyl (C=O) groups is 1. The molecule has 3 aromatic rings. The van der Waals surface area contributed by atoms with E-state index in [4.69, 9.17) is 9.47 Å². The fraction of sp³-hybridized carbons (Fsp3) is 0.304. The van der Waals surface area contributed by atoms with Crippen LogP contribution in [0.25, 0.3) is 0 Å². The zero-order valence-corrected chi connectivity index (χ0v) is 18.4. The zero-order chi connectivity index (χ0) is 21.6. The molecule has 7 nitrogen and oxygen atoms in total. The molecule has 0 bridgehead atoms. The third-order valence-electron chi connectivity index (χ3n) is 4.99. The monoisotopic (exact) mass is 436 g/mol. The van der Waals surface area contributed by atoms with Crippen LogP contribution in [0.5, 0.6) is 11.5 Å². The molecule has 160 valence electrons. The second-order valence-electron chi connectivity index (χ2n) is 7.16. The summed E-state index contributed by atoms with van der Waals surface area (Å²) in [7, 11) is 1.56. The Kier molecular flexibility index (Phi) is 6.66. The van der Waals surface area contributed by atoms with Crippen LogP contribution in [-0.4, -0.2) is 41.1 Å². The topological polar surface area (TPSA) is 77.4 Å². The first-order valence-electron chi connectivity index (χ1n) is 10.1. The van der Waals surface area contributed by atoms with Crippen molar-refractivity contribution in [2.45, 2.75) is 30.7 Å². The maximum absolute atomic E-state index is 12.9. The third kappa shape index (κ3) is 5.14. The SMILES string of the molecule is COc1cnc(CSc2nccc(C)n2)cc1OCC(=O)N1CCCc2ccccc21.